The van der Waals surface area contributed by atoms with E-state index in [2.05, 4.69) is 15.3 Å². The number of nitrogens with zero attached hydrogens (tertiary/aromatic N) is 3. The topological polar surface area (TPSA) is 84.1 Å². The molecule has 1 atom stereocenters. The number of amides is 1. The average Bonchev–Trinajstić information content (AvgIpc) is 2.47. The van der Waals surface area contributed by atoms with Crippen molar-refractivity contribution < 1.29 is 4.79 Å². The van der Waals surface area contributed by atoms with Gasteiger partial charge in [0.25, 0.3) is 0 Å². The molecule has 0 spiro atoms. The van der Waals surface area contributed by atoms with E-state index in [-0.39, 0.29) is 11.9 Å². The fraction of sp³-hybridized carbons (Fsp3) is 0.643. The molecular formula is C14H23N5O. The molecule has 0 bridgehead atoms. The Kier molecular flexibility index (Phi) is 4.42. The summed E-state index contributed by atoms with van der Waals surface area (Å²) in [5.74, 6) is 2.17. The van der Waals surface area contributed by atoms with Gasteiger partial charge in [0.05, 0.1) is 0 Å². The number of carbonyl (C=O) groups excluding carboxylic acids is 1. The number of aromatic nitrogens is 2. The highest BCUT2D eigenvalue weighted by molar-refractivity contribution is 5.84. The Balaban J connectivity index is 2.46. The summed E-state index contributed by atoms with van der Waals surface area (Å²) in [6.07, 6.45) is 3.66. The summed E-state index contributed by atoms with van der Waals surface area (Å²) in [6, 6.07) is -0.258. The summed E-state index contributed by atoms with van der Waals surface area (Å²) in [5, 5.41) is 3.10. The van der Waals surface area contributed by atoms with Gasteiger partial charge in [0.2, 0.25) is 5.91 Å². The first-order valence-electron chi connectivity index (χ1n) is 7.19. The van der Waals surface area contributed by atoms with Gasteiger partial charge in [0, 0.05) is 25.6 Å². The van der Waals surface area contributed by atoms with Crippen LogP contribution in [0.4, 0.5) is 11.6 Å². The van der Waals surface area contributed by atoms with Crippen molar-refractivity contribution in [2.45, 2.75) is 45.6 Å². The van der Waals surface area contributed by atoms with Crippen LogP contribution in [0.15, 0.2) is 0 Å². The van der Waals surface area contributed by atoms with Crippen LogP contribution in [0.25, 0.3) is 0 Å². The molecule has 1 unspecified atom stereocenters. The molecule has 1 fully saturated rings. The maximum Gasteiger partial charge on any atom is 0.240 e. The van der Waals surface area contributed by atoms with Gasteiger partial charge in [-0.05, 0) is 26.2 Å². The lowest BCUT2D eigenvalue weighted by Gasteiger charge is -2.35. The number of primary amides is 1. The SMILES string of the molecule is CCc1nc(NC)c(C)c(N2CCCCC2C(N)=O)n1. The second-order valence-electron chi connectivity index (χ2n) is 5.15. The van der Waals surface area contributed by atoms with Gasteiger partial charge < -0.3 is 16.0 Å². The first-order valence-corrected chi connectivity index (χ1v) is 7.19. The smallest absolute Gasteiger partial charge is 0.240 e. The third kappa shape index (κ3) is 2.69. The molecule has 1 saturated heterocycles. The van der Waals surface area contributed by atoms with Crippen molar-refractivity contribution in [1.29, 1.82) is 0 Å². The molecule has 1 aliphatic heterocycles. The number of hydrogen-bond donors (Lipinski definition) is 2. The Morgan fingerprint density at radius 2 is 2.20 bits per heavy atom. The van der Waals surface area contributed by atoms with Gasteiger partial charge in [0.1, 0.15) is 23.5 Å². The zero-order valence-corrected chi connectivity index (χ0v) is 12.4. The zero-order valence-electron chi connectivity index (χ0n) is 12.4. The minimum Gasteiger partial charge on any atom is -0.373 e. The Labute approximate surface area is 119 Å². The van der Waals surface area contributed by atoms with E-state index >= 15 is 0 Å². The third-order valence-corrected chi connectivity index (χ3v) is 3.82. The molecule has 2 heterocycles. The van der Waals surface area contributed by atoms with Gasteiger partial charge in [0.15, 0.2) is 0 Å². The fourth-order valence-corrected chi connectivity index (χ4v) is 2.71. The van der Waals surface area contributed by atoms with E-state index in [0.29, 0.717) is 0 Å². The molecule has 0 aliphatic carbocycles. The minimum absolute atomic E-state index is 0.258. The Hall–Kier alpha value is -1.85. The van der Waals surface area contributed by atoms with Crippen molar-refractivity contribution in [2.75, 3.05) is 23.8 Å². The van der Waals surface area contributed by atoms with E-state index in [4.69, 9.17) is 5.73 Å². The van der Waals surface area contributed by atoms with E-state index < -0.39 is 0 Å². The first-order chi connectivity index (χ1) is 9.58. The lowest BCUT2D eigenvalue weighted by atomic mass is 10.0. The molecule has 6 heteroatoms. The number of carbonyl (C=O) groups is 1. The van der Waals surface area contributed by atoms with Gasteiger partial charge in [-0.3, -0.25) is 4.79 Å². The predicted octanol–water partition coefficient (Wildman–Crippen LogP) is 1.23. The van der Waals surface area contributed by atoms with Crippen molar-refractivity contribution in [3.63, 3.8) is 0 Å². The summed E-state index contributed by atoms with van der Waals surface area (Å²) in [4.78, 5) is 22.8. The number of rotatable bonds is 4. The van der Waals surface area contributed by atoms with Crippen molar-refractivity contribution in [1.82, 2.24) is 9.97 Å². The maximum atomic E-state index is 11.7. The molecule has 2 rings (SSSR count). The molecular weight excluding hydrogens is 254 g/mol. The quantitative estimate of drug-likeness (QED) is 0.865. The molecule has 0 aromatic carbocycles. The van der Waals surface area contributed by atoms with Crippen molar-refractivity contribution in [3.8, 4) is 0 Å². The van der Waals surface area contributed by atoms with Crippen LogP contribution in [0, 0.1) is 6.92 Å². The van der Waals surface area contributed by atoms with Crippen molar-refractivity contribution in [3.05, 3.63) is 11.4 Å². The predicted molar refractivity (Wildman–Crippen MR) is 79.9 cm³/mol. The van der Waals surface area contributed by atoms with E-state index in [1.165, 1.54) is 0 Å². The van der Waals surface area contributed by atoms with Crippen LogP contribution in [0.1, 0.15) is 37.6 Å². The molecule has 0 radical (unpaired) electrons. The lowest BCUT2D eigenvalue weighted by Crippen LogP contribution is -2.48. The second kappa shape index (κ2) is 6.07. The molecule has 1 amide bonds. The van der Waals surface area contributed by atoms with E-state index in [1.807, 2.05) is 25.8 Å². The Morgan fingerprint density at radius 1 is 1.45 bits per heavy atom. The zero-order chi connectivity index (χ0) is 14.7. The molecule has 3 N–H and O–H groups in total. The molecule has 1 aromatic rings. The van der Waals surface area contributed by atoms with Gasteiger partial charge >= 0.3 is 0 Å². The summed E-state index contributed by atoms with van der Waals surface area (Å²) >= 11 is 0. The summed E-state index contributed by atoms with van der Waals surface area (Å²) < 4.78 is 0. The van der Waals surface area contributed by atoms with Crippen LogP contribution in [-0.4, -0.2) is 35.5 Å². The summed E-state index contributed by atoms with van der Waals surface area (Å²) in [7, 11) is 1.85. The monoisotopic (exact) mass is 277 g/mol. The molecule has 110 valence electrons. The van der Waals surface area contributed by atoms with Gasteiger partial charge in [-0.2, -0.15) is 0 Å². The van der Waals surface area contributed by atoms with E-state index in [1.54, 1.807) is 0 Å². The van der Waals surface area contributed by atoms with E-state index in [0.717, 1.165) is 55.3 Å². The second-order valence-corrected chi connectivity index (χ2v) is 5.15. The number of aryl methyl sites for hydroxylation is 1. The lowest BCUT2D eigenvalue weighted by molar-refractivity contribution is -0.119. The van der Waals surface area contributed by atoms with Crippen LogP contribution in [0.2, 0.25) is 0 Å². The highest BCUT2D eigenvalue weighted by Crippen LogP contribution is 2.29. The number of nitrogens with one attached hydrogen (secondary N) is 1. The standard InChI is InChI=1S/C14H23N5O/c1-4-11-17-13(16-3)9(2)14(18-11)19-8-6-5-7-10(19)12(15)20/h10H,4-8H2,1-3H3,(H2,15,20)(H,16,17,18). The van der Waals surface area contributed by atoms with Crippen LogP contribution in [0.5, 0.6) is 0 Å². The fourth-order valence-electron chi connectivity index (χ4n) is 2.71. The van der Waals surface area contributed by atoms with Crippen LogP contribution < -0.4 is 16.0 Å². The molecule has 1 aromatic heterocycles. The highest BCUT2D eigenvalue weighted by atomic mass is 16.1. The molecule has 0 saturated carbocycles. The number of anilines is 2. The molecule has 20 heavy (non-hydrogen) atoms. The number of piperidine rings is 1. The Bertz CT molecular complexity index is 503. The van der Waals surface area contributed by atoms with Gasteiger partial charge in [-0.15, -0.1) is 0 Å². The first kappa shape index (κ1) is 14.6. The van der Waals surface area contributed by atoms with Crippen LogP contribution >= 0.6 is 0 Å². The van der Waals surface area contributed by atoms with Gasteiger partial charge in [-0.1, -0.05) is 6.92 Å². The highest BCUT2D eigenvalue weighted by Gasteiger charge is 2.29. The molecule has 1 aliphatic rings. The maximum absolute atomic E-state index is 11.7. The number of nitrogens with two attached hydrogens (primary N) is 1. The van der Waals surface area contributed by atoms with Crippen LogP contribution in [-0.2, 0) is 11.2 Å². The molecule has 6 nitrogen and oxygen atoms in total. The minimum atomic E-state index is -0.272. The third-order valence-electron chi connectivity index (χ3n) is 3.82. The normalized spacial score (nSPS) is 18.9. The van der Waals surface area contributed by atoms with Gasteiger partial charge in [-0.25, -0.2) is 9.97 Å². The van der Waals surface area contributed by atoms with Crippen LogP contribution in [0.3, 0.4) is 0 Å². The summed E-state index contributed by atoms with van der Waals surface area (Å²) in [6.45, 7) is 4.82. The van der Waals surface area contributed by atoms with E-state index in [9.17, 15) is 4.79 Å². The van der Waals surface area contributed by atoms with Crippen molar-refractivity contribution >= 4 is 17.5 Å². The summed E-state index contributed by atoms with van der Waals surface area (Å²) in [5.41, 5.74) is 6.52. The largest absolute Gasteiger partial charge is 0.373 e. The number of hydrogen-bond acceptors (Lipinski definition) is 5. The average molecular weight is 277 g/mol. The Morgan fingerprint density at radius 3 is 2.80 bits per heavy atom. The van der Waals surface area contributed by atoms with Crippen molar-refractivity contribution in [2.24, 2.45) is 5.73 Å².